The van der Waals surface area contributed by atoms with E-state index in [1.165, 1.54) is 11.8 Å². The van der Waals surface area contributed by atoms with Gasteiger partial charge in [0.2, 0.25) is 5.91 Å². The van der Waals surface area contributed by atoms with E-state index in [1.54, 1.807) is 18.5 Å². The van der Waals surface area contributed by atoms with Crippen LogP contribution in [0.2, 0.25) is 5.02 Å². The van der Waals surface area contributed by atoms with Gasteiger partial charge in [-0.15, -0.1) is 10.2 Å². The monoisotopic (exact) mass is 421 g/mol. The zero-order valence-corrected chi connectivity index (χ0v) is 16.8. The fourth-order valence-corrected chi connectivity index (χ4v) is 3.71. The maximum absolute atomic E-state index is 12.4. The number of halogens is 1. The van der Waals surface area contributed by atoms with Gasteiger partial charge in [-0.05, 0) is 36.4 Å². The van der Waals surface area contributed by atoms with Crippen LogP contribution in [-0.2, 0) is 4.79 Å². The Morgan fingerprint density at radius 1 is 1.00 bits per heavy atom. The fourth-order valence-electron chi connectivity index (χ4n) is 2.74. The minimum Gasteiger partial charge on any atom is -0.325 e. The van der Waals surface area contributed by atoms with Crippen LogP contribution in [-0.4, -0.2) is 31.4 Å². The number of aromatic nitrogens is 4. The van der Waals surface area contributed by atoms with Gasteiger partial charge in [0.1, 0.15) is 0 Å². The lowest BCUT2D eigenvalue weighted by Crippen LogP contribution is -2.14. The molecule has 6 nitrogen and oxygen atoms in total. The summed E-state index contributed by atoms with van der Waals surface area (Å²) in [5.41, 5.74) is 2.30. The first-order chi connectivity index (χ1) is 14.2. The highest BCUT2D eigenvalue weighted by molar-refractivity contribution is 7.99. The van der Waals surface area contributed by atoms with Crippen molar-refractivity contribution in [3.05, 3.63) is 84.1 Å². The first-order valence-electron chi connectivity index (χ1n) is 8.81. The number of benzene rings is 2. The number of hydrogen-bond donors (Lipinski definition) is 1. The van der Waals surface area contributed by atoms with Crippen LogP contribution in [0.15, 0.2) is 84.3 Å². The van der Waals surface area contributed by atoms with Crippen LogP contribution in [0.25, 0.3) is 17.1 Å². The van der Waals surface area contributed by atoms with Crippen molar-refractivity contribution in [2.75, 3.05) is 11.1 Å². The summed E-state index contributed by atoms with van der Waals surface area (Å²) >= 11 is 7.73. The average molecular weight is 422 g/mol. The molecule has 0 saturated heterocycles. The van der Waals surface area contributed by atoms with Gasteiger partial charge in [-0.3, -0.25) is 14.3 Å². The summed E-state index contributed by atoms with van der Waals surface area (Å²) in [6.07, 6.45) is 3.41. The molecule has 0 aliphatic carbocycles. The zero-order chi connectivity index (χ0) is 20.1. The molecule has 2 heterocycles. The third-order valence-corrected chi connectivity index (χ3v) is 5.28. The number of thioether (sulfide) groups is 1. The molecule has 4 aromatic rings. The van der Waals surface area contributed by atoms with Gasteiger partial charge < -0.3 is 5.32 Å². The quantitative estimate of drug-likeness (QED) is 0.456. The van der Waals surface area contributed by atoms with Crippen LogP contribution in [0.4, 0.5) is 5.69 Å². The minimum atomic E-state index is -0.127. The molecule has 29 heavy (non-hydrogen) atoms. The lowest BCUT2D eigenvalue weighted by atomic mass is 10.2. The Morgan fingerprint density at radius 3 is 2.55 bits per heavy atom. The van der Waals surface area contributed by atoms with E-state index in [-0.39, 0.29) is 11.7 Å². The van der Waals surface area contributed by atoms with Crippen LogP contribution in [0.3, 0.4) is 0 Å². The number of amides is 1. The molecule has 0 aliphatic heterocycles. The topological polar surface area (TPSA) is 72.7 Å². The summed E-state index contributed by atoms with van der Waals surface area (Å²) in [5, 5.41) is 12.6. The molecule has 0 atom stereocenters. The maximum Gasteiger partial charge on any atom is 0.234 e. The van der Waals surface area contributed by atoms with Gasteiger partial charge in [0.05, 0.1) is 16.5 Å². The van der Waals surface area contributed by atoms with Gasteiger partial charge in [0, 0.05) is 23.6 Å². The molecule has 4 rings (SSSR count). The third-order valence-electron chi connectivity index (χ3n) is 4.04. The summed E-state index contributed by atoms with van der Waals surface area (Å²) in [6.45, 7) is 0. The summed E-state index contributed by atoms with van der Waals surface area (Å²) in [5.74, 6) is 0.667. The molecule has 2 aromatic heterocycles. The van der Waals surface area contributed by atoms with E-state index < -0.39 is 0 Å². The molecule has 2 aromatic carbocycles. The van der Waals surface area contributed by atoms with Gasteiger partial charge in [-0.1, -0.05) is 53.7 Å². The number of carbonyl (C=O) groups excluding carboxylic acids is 1. The molecule has 0 spiro atoms. The van der Waals surface area contributed by atoms with Crippen molar-refractivity contribution in [2.24, 2.45) is 0 Å². The number of nitrogens with one attached hydrogen (secondary N) is 1. The molecule has 0 bridgehead atoms. The highest BCUT2D eigenvalue weighted by Gasteiger charge is 2.19. The number of carbonyl (C=O) groups is 1. The fraction of sp³-hybridized carbons (Fsp3) is 0.0476. The van der Waals surface area contributed by atoms with Gasteiger partial charge in [-0.25, -0.2) is 0 Å². The maximum atomic E-state index is 12.4. The predicted octanol–water partition coefficient (Wildman–Crippen LogP) is 4.71. The Kier molecular flexibility index (Phi) is 5.88. The smallest absolute Gasteiger partial charge is 0.234 e. The predicted molar refractivity (Wildman–Crippen MR) is 115 cm³/mol. The molecular weight excluding hydrogens is 406 g/mol. The molecule has 1 N–H and O–H groups in total. The molecule has 144 valence electrons. The van der Waals surface area contributed by atoms with E-state index in [0.717, 1.165) is 16.9 Å². The number of anilines is 1. The summed E-state index contributed by atoms with van der Waals surface area (Å²) in [7, 11) is 0. The van der Waals surface area contributed by atoms with Crippen molar-refractivity contribution in [1.82, 2.24) is 19.7 Å². The van der Waals surface area contributed by atoms with E-state index in [9.17, 15) is 4.79 Å². The van der Waals surface area contributed by atoms with E-state index in [0.29, 0.717) is 16.0 Å². The average Bonchev–Trinajstić information content (AvgIpc) is 3.18. The second kappa shape index (κ2) is 8.89. The van der Waals surface area contributed by atoms with E-state index >= 15 is 0 Å². The number of rotatable bonds is 6. The SMILES string of the molecule is O=C(CSc1nnc(-c2cccnc2)n1-c1ccccc1Cl)Nc1ccccc1. The number of pyridine rings is 1. The molecule has 8 heteroatoms. The zero-order valence-electron chi connectivity index (χ0n) is 15.2. The highest BCUT2D eigenvalue weighted by Crippen LogP contribution is 2.31. The van der Waals surface area contributed by atoms with E-state index in [2.05, 4.69) is 20.5 Å². The summed E-state index contributed by atoms with van der Waals surface area (Å²) < 4.78 is 1.85. The second-order valence-corrected chi connectivity index (χ2v) is 7.39. The largest absolute Gasteiger partial charge is 0.325 e. The standard InChI is InChI=1S/C21H16ClN5OS/c22-17-10-4-5-11-18(17)27-20(15-7-6-12-23-13-15)25-26-21(27)29-14-19(28)24-16-8-2-1-3-9-16/h1-13H,14H2,(H,24,28). The van der Waals surface area contributed by atoms with Gasteiger partial charge in [-0.2, -0.15) is 0 Å². The molecule has 0 fully saturated rings. The highest BCUT2D eigenvalue weighted by atomic mass is 35.5. The number of hydrogen-bond acceptors (Lipinski definition) is 5. The number of para-hydroxylation sites is 2. The van der Waals surface area contributed by atoms with Crippen molar-refractivity contribution in [3.63, 3.8) is 0 Å². The van der Waals surface area contributed by atoms with Crippen molar-refractivity contribution in [1.29, 1.82) is 0 Å². The van der Waals surface area contributed by atoms with Crippen molar-refractivity contribution >= 4 is 35.0 Å². The Balaban J connectivity index is 1.63. The van der Waals surface area contributed by atoms with Gasteiger partial charge in [0.25, 0.3) is 0 Å². The van der Waals surface area contributed by atoms with Crippen LogP contribution in [0.1, 0.15) is 0 Å². The molecule has 0 unspecified atom stereocenters. The van der Waals surface area contributed by atoms with Crippen LogP contribution >= 0.6 is 23.4 Å². The third kappa shape index (κ3) is 4.47. The molecular formula is C21H16ClN5OS. The summed E-state index contributed by atoms with van der Waals surface area (Å²) in [6, 6.07) is 20.5. The van der Waals surface area contributed by atoms with E-state index in [4.69, 9.17) is 11.6 Å². The normalized spacial score (nSPS) is 10.7. The Hall–Kier alpha value is -3.16. The van der Waals surface area contributed by atoms with Gasteiger partial charge in [0.15, 0.2) is 11.0 Å². The Bertz CT molecular complexity index is 1120. The Morgan fingerprint density at radius 2 is 1.79 bits per heavy atom. The number of nitrogens with zero attached hydrogens (tertiary/aromatic N) is 4. The lowest BCUT2D eigenvalue weighted by Gasteiger charge is -2.11. The Labute approximate surface area is 177 Å². The first kappa shape index (κ1) is 19.2. The van der Waals surface area contributed by atoms with Crippen molar-refractivity contribution in [3.8, 4) is 17.1 Å². The first-order valence-corrected chi connectivity index (χ1v) is 10.2. The molecule has 0 radical (unpaired) electrons. The molecule has 0 aliphatic rings. The summed E-state index contributed by atoms with van der Waals surface area (Å²) in [4.78, 5) is 16.5. The molecule has 1 amide bonds. The van der Waals surface area contributed by atoms with Crippen LogP contribution < -0.4 is 5.32 Å². The second-order valence-electron chi connectivity index (χ2n) is 6.04. The molecule has 0 saturated carbocycles. The minimum absolute atomic E-state index is 0.127. The van der Waals surface area contributed by atoms with Crippen LogP contribution in [0.5, 0.6) is 0 Å². The van der Waals surface area contributed by atoms with Crippen LogP contribution in [0, 0.1) is 0 Å². The van der Waals surface area contributed by atoms with E-state index in [1.807, 2.05) is 65.2 Å². The lowest BCUT2D eigenvalue weighted by molar-refractivity contribution is -0.113. The van der Waals surface area contributed by atoms with Gasteiger partial charge >= 0.3 is 0 Å². The van der Waals surface area contributed by atoms with Crippen molar-refractivity contribution in [2.45, 2.75) is 5.16 Å². The van der Waals surface area contributed by atoms with Crippen molar-refractivity contribution < 1.29 is 4.79 Å².